The van der Waals surface area contributed by atoms with Gasteiger partial charge in [0.1, 0.15) is 0 Å². The average molecular weight is 208 g/mol. The molecule has 6 nitrogen and oxygen atoms in total. The van der Waals surface area contributed by atoms with E-state index in [-0.39, 0.29) is 6.42 Å². The van der Waals surface area contributed by atoms with E-state index in [2.05, 4.69) is 15.0 Å². The van der Waals surface area contributed by atoms with Crippen molar-refractivity contribution in [1.82, 2.24) is 0 Å². The number of unbranched alkanes of at least 4 members (excludes halogenated alkanes) is 4. The van der Waals surface area contributed by atoms with Gasteiger partial charge in [-0.15, -0.1) is 0 Å². The molecule has 0 fully saturated rings. The molecule has 0 saturated heterocycles. The largest absolute Gasteiger partial charge is 0.481 e. The standard InChI is InChI=1S/C8H16O6/c9-8(10)6-4-2-1-3-5-7-12-14-13-11/h11H,1-7H2,(H,9,10). The molecule has 0 aliphatic carbocycles. The molecule has 0 aromatic carbocycles. The molecule has 0 spiro atoms. The predicted molar refractivity (Wildman–Crippen MR) is 46.1 cm³/mol. The van der Waals surface area contributed by atoms with Gasteiger partial charge in [-0.3, -0.25) is 4.79 Å². The minimum atomic E-state index is -0.748. The Hall–Kier alpha value is -0.690. The Morgan fingerprint density at radius 2 is 1.71 bits per heavy atom. The SMILES string of the molecule is O=C(O)CCCCCCCOOOO. The van der Waals surface area contributed by atoms with Gasteiger partial charge in [-0.05, 0) is 22.9 Å². The zero-order valence-electron chi connectivity index (χ0n) is 7.98. The second-order valence-electron chi connectivity index (χ2n) is 2.88. The zero-order chi connectivity index (χ0) is 10.6. The number of rotatable bonds is 10. The van der Waals surface area contributed by atoms with Gasteiger partial charge >= 0.3 is 5.97 Å². The zero-order valence-corrected chi connectivity index (χ0v) is 7.98. The molecule has 0 bridgehead atoms. The first-order valence-electron chi connectivity index (χ1n) is 4.59. The minimum absolute atomic E-state index is 0.234. The van der Waals surface area contributed by atoms with Gasteiger partial charge in [0.15, 0.2) is 0 Å². The van der Waals surface area contributed by atoms with Crippen molar-refractivity contribution < 1.29 is 30.1 Å². The summed E-state index contributed by atoms with van der Waals surface area (Å²) in [7, 11) is 0. The van der Waals surface area contributed by atoms with Crippen molar-refractivity contribution in [3.8, 4) is 0 Å². The van der Waals surface area contributed by atoms with Crippen LogP contribution in [-0.2, 0) is 19.8 Å². The first kappa shape index (κ1) is 13.3. The number of carbonyl (C=O) groups is 1. The molecule has 0 unspecified atom stereocenters. The van der Waals surface area contributed by atoms with Crippen LogP contribution < -0.4 is 0 Å². The highest BCUT2D eigenvalue weighted by molar-refractivity contribution is 5.66. The maximum Gasteiger partial charge on any atom is 0.303 e. The van der Waals surface area contributed by atoms with Crippen LogP contribution in [0.2, 0.25) is 0 Å². The van der Waals surface area contributed by atoms with Crippen LogP contribution in [0.5, 0.6) is 0 Å². The molecule has 0 aliphatic rings. The monoisotopic (exact) mass is 208 g/mol. The lowest BCUT2D eigenvalue weighted by Crippen LogP contribution is -1.96. The van der Waals surface area contributed by atoms with Crippen LogP contribution >= 0.6 is 0 Å². The maximum atomic E-state index is 10.1. The third-order valence-corrected chi connectivity index (χ3v) is 1.70. The predicted octanol–water partition coefficient (Wildman–Crippen LogP) is 1.76. The summed E-state index contributed by atoms with van der Waals surface area (Å²) in [5.41, 5.74) is 0. The molecule has 14 heavy (non-hydrogen) atoms. The van der Waals surface area contributed by atoms with Crippen molar-refractivity contribution in [1.29, 1.82) is 0 Å². The summed E-state index contributed by atoms with van der Waals surface area (Å²) in [5, 5.41) is 23.0. The first-order chi connectivity index (χ1) is 6.77. The van der Waals surface area contributed by atoms with Crippen molar-refractivity contribution in [2.24, 2.45) is 0 Å². The highest BCUT2D eigenvalue weighted by atomic mass is 17.6. The molecule has 0 radical (unpaired) electrons. The third kappa shape index (κ3) is 11.3. The summed E-state index contributed by atoms with van der Waals surface area (Å²) >= 11 is 0. The van der Waals surface area contributed by atoms with Crippen molar-refractivity contribution >= 4 is 5.97 Å². The van der Waals surface area contributed by atoms with Crippen LogP contribution in [-0.4, -0.2) is 22.9 Å². The van der Waals surface area contributed by atoms with Crippen LogP contribution in [0, 0.1) is 0 Å². The highest BCUT2D eigenvalue weighted by Gasteiger charge is 1.96. The fourth-order valence-corrected chi connectivity index (χ4v) is 1.02. The lowest BCUT2D eigenvalue weighted by molar-refractivity contribution is -0.623. The molecule has 0 amide bonds. The summed E-state index contributed by atoms with van der Waals surface area (Å²) in [4.78, 5) is 14.5. The van der Waals surface area contributed by atoms with E-state index in [4.69, 9.17) is 10.4 Å². The summed E-state index contributed by atoms with van der Waals surface area (Å²) in [6.45, 7) is 0.347. The molecule has 0 rings (SSSR count). The van der Waals surface area contributed by atoms with Gasteiger partial charge in [-0.2, -0.15) is 0 Å². The normalized spacial score (nSPS) is 10.4. The van der Waals surface area contributed by atoms with Crippen LogP contribution in [0.4, 0.5) is 0 Å². The molecular weight excluding hydrogens is 192 g/mol. The Labute approximate surface area is 82.2 Å². The fraction of sp³-hybridized carbons (Fsp3) is 0.875. The molecule has 6 heteroatoms. The van der Waals surface area contributed by atoms with Gasteiger partial charge in [-0.25, -0.2) is 10.1 Å². The molecule has 0 aliphatic heterocycles. The minimum Gasteiger partial charge on any atom is -0.481 e. The Kier molecular flexibility index (Phi) is 9.88. The second-order valence-corrected chi connectivity index (χ2v) is 2.88. The Bertz CT molecular complexity index is 138. The summed E-state index contributed by atoms with van der Waals surface area (Å²) in [5.74, 6) is -0.748. The van der Waals surface area contributed by atoms with Crippen LogP contribution in [0.15, 0.2) is 0 Å². The Morgan fingerprint density at radius 3 is 2.36 bits per heavy atom. The lowest BCUT2D eigenvalue weighted by Gasteiger charge is -1.99. The number of hydrogen-bond donors (Lipinski definition) is 2. The fourth-order valence-electron chi connectivity index (χ4n) is 1.02. The van der Waals surface area contributed by atoms with Crippen molar-refractivity contribution in [3.05, 3.63) is 0 Å². The molecule has 0 atom stereocenters. The molecule has 84 valence electrons. The van der Waals surface area contributed by atoms with Gasteiger partial charge < -0.3 is 5.11 Å². The van der Waals surface area contributed by atoms with Crippen LogP contribution in [0.25, 0.3) is 0 Å². The van der Waals surface area contributed by atoms with Crippen molar-refractivity contribution in [2.75, 3.05) is 6.61 Å². The Morgan fingerprint density at radius 1 is 1.07 bits per heavy atom. The smallest absolute Gasteiger partial charge is 0.303 e. The summed E-state index contributed by atoms with van der Waals surface area (Å²) in [6.07, 6.45) is 4.55. The van der Waals surface area contributed by atoms with Crippen LogP contribution in [0.3, 0.4) is 0 Å². The Balaban J connectivity index is 2.88. The van der Waals surface area contributed by atoms with Gasteiger partial charge in [0.2, 0.25) is 0 Å². The van der Waals surface area contributed by atoms with E-state index in [0.717, 1.165) is 25.7 Å². The molecule has 0 aromatic rings. The number of aliphatic carboxylic acids is 1. The molecule has 0 saturated carbocycles. The van der Waals surface area contributed by atoms with Crippen LogP contribution in [0.1, 0.15) is 38.5 Å². The molecule has 0 aromatic heterocycles. The van der Waals surface area contributed by atoms with Gasteiger partial charge in [0.05, 0.1) is 6.61 Å². The van der Waals surface area contributed by atoms with Crippen molar-refractivity contribution in [2.45, 2.75) is 38.5 Å². The maximum absolute atomic E-state index is 10.1. The van der Waals surface area contributed by atoms with Crippen molar-refractivity contribution in [3.63, 3.8) is 0 Å². The van der Waals surface area contributed by atoms with E-state index in [9.17, 15) is 4.79 Å². The highest BCUT2D eigenvalue weighted by Crippen LogP contribution is 2.05. The molecule has 2 N–H and O–H groups in total. The quantitative estimate of drug-likeness (QED) is 0.323. The average Bonchev–Trinajstić information content (AvgIpc) is 2.15. The number of hydrogen-bond acceptors (Lipinski definition) is 5. The van der Waals surface area contributed by atoms with Gasteiger partial charge in [0, 0.05) is 6.42 Å². The second kappa shape index (κ2) is 10.4. The number of carboxylic acid groups (broad SMARTS) is 1. The molecular formula is C8H16O6. The first-order valence-corrected chi connectivity index (χ1v) is 4.59. The summed E-state index contributed by atoms with van der Waals surface area (Å²) < 4.78 is 0. The van der Waals surface area contributed by atoms with E-state index in [1.54, 1.807) is 0 Å². The third-order valence-electron chi connectivity index (χ3n) is 1.70. The number of carboxylic acids is 1. The van der Waals surface area contributed by atoms with E-state index < -0.39 is 5.97 Å². The topological polar surface area (TPSA) is 85.2 Å². The summed E-state index contributed by atoms with van der Waals surface area (Å²) in [6, 6.07) is 0. The van der Waals surface area contributed by atoms with E-state index in [0.29, 0.717) is 13.0 Å². The van der Waals surface area contributed by atoms with E-state index in [1.165, 1.54) is 0 Å². The van der Waals surface area contributed by atoms with Gasteiger partial charge in [0.25, 0.3) is 0 Å². The molecule has 0 heterocycles. The lowest BCUT2D eigenvalue weighted by atomic mass is 10.1. The van der Waals surface area contributed by atoms with E-state index in [1.807, 2.05) is 0 Å². The van der Waals surface area contributed by atoms with E-state index >= 15 is 0 Å². The van der Waals surface area contributed by atoms with Gasteiger partial charge in [-0.1, -0.05) is 19.3 Å².